The minimum absolute atomic E-state index is 0.0312. The first-order valence-corrected chi connectivity index (χ1v) is 7.08. The van der Waals surface area contributed by atoms with Crippen molar-refractivity contribution in [3.8, 4) is 0 Å². The van der Waals surface area contributed by atoms with E-state index in [0.717, 1.165) is 6.61 Å². The summed E-state index contributed by atoms with van der Waals surface area (Å²) >= 11 is 0. The van der Waals surface area contributed by atoms with Gasteiger partial charge in [-0.25, -0.2) is 8.42 Å². The fourth-order valence-electron chi connectivity index (χ4n) is 1.32. The fraction of sp³-hybridized carbons (Fsp3) is 1.00. The quantitative estimate of drug-likeness (QED) is 0.533. The molecule has 1 aliphatic heterocycles. The zero-order chi connectivity index (χ0) is 10.6. The predicted octanol–water partition coefficient (Wildman–Crippen LogP) is 0.997. The van der Waals surface area contributed by atoms with Crippen LogP contribution in [0, 0.1) is 5.92 Å². The smallest absolute Gasteiger partial charge is 0.232 e. The lowest BCUT2D eigenvalue weighted by atomic mass is 10.1. The van der Waals surface area contributed by atoms with Gasteiger partial charge >= 0.3 is 0 Å². The maximum atomic E-state index is 10.6. The molecule has 2 atom stereocenters. The van der Waals surface area contributed by atoms with Crippen LogP contribution in [0.5, 0.6) is 0 Å². The van der Waals surface area contributed by atoms with E-state index in [-0.39, 0.29) is 11.9 Å². The normalized spacial score (nSPS) is 28.1. The molecular weight excluding hydrogens is 228 g/mol. The highest BCUT2D eigenvalue weighted by Gasteiger charge is 2.24. The Morgan fingerprint density at radius 1 is 1.50 bits per heavy atom. The average molecular weight is 243 g/mol. The summed E-state index contributed by atoms with van der Waals surface area (Å²) in [6.07, 6.45) is 0.544. The number of rotatable bonds is 5. The molecule has 0 radical (unpaired) electrons. The molecule has 1 heterocycles. The third-order valence-electron chi connectivity index (χ3n) is 2.16. The van der Waals surface area contributed by atoms with Crippen molar-refractivity contribution in [3.05, 3.63) is 0 Å². The van der Waals surface area contributed by atoms with Crippen LogP contribution in [0.25, 0.3) is 0 Å². The van der Waals surface area contributed by atoms with E-state index in [4.69, 9.17) is 20.2 Å². The maximum absolute atomic E-state index is 10.6. The van der Waals surface area contributed by atoms with Crippen molar-refractivity contribution in [2.24, 2.45) is 5.92 Å². The van der Waals surface area contributed by atoms with Crippen molar-refractivity contribution in [3.63, 3.8) is 0 Å². The molecule has 1 aliphatic rings. The van der Waals surface area contributed by atoms with Gasteiger partial charge in [0.15, 0.2) is 0 Å². The number of hydrogen-bond acceptors (Lipinski definition) is 4. The van der Waals surface area contributed by atoms with Crippen molar-refractivity contribution >= 4 is 19.7 Å². The van der Waals surface area contributed by atoms with E-state index in [9.17, 15) is 8.42 Å². The lowest BCUT2D eigenvalue weighted by molar-refractivity contribution is 0.0297. The first kappa shape index (κ1) is 12.2. The van der Waals surface area contributed by atoms with Crippen molar-refractivity contribution in [1.29, 1.82) is 0 Å². The topological polar surface area (TPSA) is 52.6 Å². The summed E-state index contributed by atoms with van der Waals surface area (Å²) in [5.41, 5.74) is 0. The molecule has 0 aromatic rings. The zero-order valence-corrected chi connectivity index (χ0v) is 9.68. The van der Waals surface area contributed by atoms with E-state index in [1.807, 2.05) is 0 Å². The third kappa shape index (κ3) is 4.59. The van der Waals surface area contributed by atoms with Crippen LogP contribution >= 0.6 is 10.7 Å². The van der Waals surface area contributed by atoms with Gasteiger partial charge in [0.2, 0.25) is 9.05 Å². The van der Waals surface area contributed by atoms with E-state index in [1.54, 1.807) is 0 Å². The lowest BCUT2D eigenvalue weighted by Crippen LogP contribution is -2.21. The van der Waals surface area contributed by atoms with Crippen LogP contribution in [0.1, 0.15) is 13.3 Å². The molecule has 0 saturated carbocycles. The van der Waals surface area contributed by atoms with Gasteiger partial charge in [-0.1, -0.05) is 6.92 Å². The summed E-state index contributed by atoms with van der Waals surface area (Å²) in [5, 5.41) is 0. The van der Waals surface area contributed by atoms with Gasteiger partial charge in [-0.2, -0.15) is 0 Å². The van der Waals surface area contributed by atoms with Gasteiger partial charge < -0.3 is 9.47 Å². The molecule has 0 aliphatic carbocycles. The second-order valence-corrected chi connectivity index (χ2v) is 6.42. The Labute approximate surface area is 88.9 Å². The van der Waals surface area contributed by atoms with Crippen LogP contribution in [0.3, 0.4) is 0 Å². The zero-order valence-electron chi connectivity index (χ0n) is 8.11. The van der Waals surface area contributed by atoms with Crippen LogP contribution in [-0.4, -0.2) is 40.1 Å². The molecule has 1 rings (SSSR count). The largest absolute Gasteiger partial charge is 0.378 e. The van der Waals surface area contributed by atoms with E-state index in [1.165, 1.54) is 0 Å². The van der Waals surface area contributed by atoms with Gasteiger partial charge in [0.1, 0.15) is 0 Å². The van der Waals surface area contributed by atoms with E-state index in [0.29, 0.717) is 25.6 Å². The molecule has 84 valence electrons. The molecule has 14 heavy (non-hydrogen) atoms. The number of halogens is 1. The summed E-state index contributed by atoms with van der Waals surface area (Å²) in [6, 6.07) is 0. The Bertz CT molecular complexity index is 265. The summed E-state index contributed by atoms with van der Waals surface area (Å²) in [7, 11) is 1.68. The van der Waals surface area contributed by atoms with E-state index >= 15 is 0 Å². The van der Waals surface area contributed by atoms with Crippen LogP contribution in [-0.2, 0) is 18.5 Å². The summed E-state index contributed by atoms with van der Waals surface area (Å²) in [4.78, 5) is 0. The van der Waals surface area contributed by atoms with Crippen LogP contribution < -0.4 is 0 Å². The minimum atomic E-state index is -3.37. The van der Waals surface area contributed by atoms with Gasteiger partial charge in [-0.05, 0) is 6.42 Å². The monoisotopic (exact) mass is 242 g/mol. The molecule has 1 fully saturated rings. The Hall–Kier alpha value is 0.160. The first-order valence-electron chi connectivity index (χ1n) is 4.61. The molecule has 0 amide bonds. The predicted molar refractivity (Wildman–Crippen MR) is 54.0 cm³/mol. The highest BCUT2D eigenvalue weighted by molar-refractivity contribution is 8.13. The van der Waals surface area contributed by atoms with Gasteiger partial charge in [0.25, 0.3) is 0 Å². The van der Waals surface area contributed by atoms with Crippen molar-refractivity contribution in [2.45, 2.75) is 19.4 Å². The third-order valence-corrected chi connectivity index (χ3v) is 3.40. The Morgan fingerprint density at radius 2 is 2.21 bits per heavy atom. The average Bonchev–Trinajstić information content (AvgIpc) is 2.44. The van der Waals surface area contributed by atoms with Crippen molar-refractivity contribution < 1.29 is 17.9 Å². The highest BCUT2D eigenvalue weighted by atomic mass is 35.7. The Kier molecular flexibility index (Phi) is 4.63. The first-order chi connectivity index (χ1) is 6.49. The molecule has 0 bridgehead atoms. The van der Waals surface area contributed by atoms with Crippen LogP contribution in [0.4, 0.5) is 0 Å². The Morgan fingerprint density at radius 3 is 2.71 bits per heavy atom. The highest BCUT2D eigenvalue weighted by Crippen LogP contribution is 2.16. The molecule has 0 spiro atoms. The SMILES string of the molecule is CC1COCC1OCCCS(=O)(=O)Cl. The summed E-state index contributed by atoms with van der Waals surface area (Å²) in [5.74, 6) is 0.360. The molecule has 4 nitrogen and oxygen atoms in total. The molecule has 0 aromatic carbocycles. The second-order valence-electron chi connectivity index (χ2n) is 3.52. The van der Waals surface area contributed by atoms with Gasteiger partial charge in [-0.15, -0.1) is 0 Å². The molecule has 6 heteroatoms. The summed E-state index contributed by atoms with van der Waals surface area (Å²) < 4.78 is 31.8. The second kappa shape index (κ2) is 5.30. The molecular formula is C8H15ClO4S. The number of hydrogen-bond donors (Lipinski definition) is 0. The van der Waals surface area contributed by atoms with Crippen LogP contribution in [0.2, 0.25) is 0 Å². The standard InChI is InChI=1S/C8H15ClO4S/c1-7-5-12-6-8(7)13-3-2-4-14(9,10)11/h7-8H,2-6H2,1H3. The minimum Gasteiger partial charge on any atom is -0.378 e. The molecule has 0 N–H and O–H groups in total. The molecule has 0 aromatic heterocycles. The fourth-order valence-corrected chi connectivity index (χ4v) is 2.11. The molecule has 1 saturated heterocycles. The van der Waals surface area contributed by atoms with E-state index in [2.05, 4.69) is 6.92 Å². The van der Waals surface area contributed by atoms with E-state index < -0.39 is 9.05 Å². The Balaban J connectivity index is 2.09. The van der Waals surface area contributed by atoms with Crippen molar-refractivity contribution in [2.75, 3.05) is 25.6 Å². The number of ether oxygens (including phenoxy) is 2. The maximum Gasteiger partial charge on any atom is 0.232 e. The van der Waals surface area contributed by atoms with Crippen LogP contribution in [0.15, 0.2) is 0 Å². The summed E-state index contributed by atoms with van der Waals surface area (Å²) in [6.45, 7) is 3.80. The lowest BCUT2D eigenvalue weighted by Gasteiger charge is -2.13. The van der Waals surface area contributed by atoms with Gasteiger partial charge in [0, 0.05) is 23.2 Å². The van der Waals surface area contributed by atoms with Crippen molar-refractivity contribution in [1.82, 2.24) is 0 Å². The molecule has 2 unspecified atom stereocenters. The van der Waals surface area contributed by atoms with Gasteiger partial charge in [-0.3, -0.25) is 0 Å². The van der Waals surface area contributed by atoms with Gasteiger partial charge in [0.05, 0.1) is 25.1 Å².